The number of benzene rings is 2. The quantitative estimate of drug-likeness (QED) is 0.461. The summed E-state index contributed by atoms with van der Waals surface area (Å²) in [7, 11) is 1.66. The van der Waals surface area contributed by atoms with E-state index < -0.39 is 5.25 Å². The second-order valence-electron chi connectivity index (χ2n) is 7.56. The number of nitrogens with zero attached hydrogens (tertiary/aromatic N) is 2. The summed E-state index contributed by atoms with van der Waals surface area (Å²) in [5.74, 6) is 0.388. The first-order valence-corrected chi connectivity index (χ1v) is 12.0. The van der Waals surface area contributed by atoms with Crippen molar-refractivity contribution in [1.29, 1.82) is 0 Å². The van der Waals surface area contributed by atoms with Crippen LogP contribution in [0.5, 0.6) is 5.75 Å². The van der Waals surface area contributed by atoms with Crippen molar-refractivity contribution in [2.75, 3.05) is 19.0 Å². The summed E-state index contributed by atoms with van der Waals surface area (Å²) in [4.78, 5) is 31.3. The van der Waals surface area contributed by atoms with Crippen molar-refractivity contribution in [1.82, 2.24) is 4.90 Å². The minimum atomic E-state index is -0.564. The normalized spacial score (nSPS) is 17.5. The van der Waals surface area contributed by atoms with Gasteiger partial charge >= 0.3 is 0 Å². The van der Waals surface area contributed by atoms with E-state index in [9.17, 15) is 9.59 Å². The molecular weight excluding hydrogens is 446 g/mol. The van der Waals surface area contributed by atoms with Gasteiger partial charge in [-0.25, -0.2) is 4.99 Å². The van der Waals surface area contributed by atoms with Gasteiger partial charge in [-0.3, -0.25) is 14.5 Å². The SMILES string of the molecule is CCCCCCOc1ccc(NC(=O)C2CC(=O)N(C)C(=Nc3cccc(Cl)c3)S2)cc1. The van der Waals surface area contributed by atoms with E-state index in [2.05, 4.69) is 17.2 Å². The number of anilines is 1. The molecule has 0 radical (unpaired) electrons. The molecule has 3 rings (SSSR count). The zero-order valence-electron chi connectivity index (χ0n) is 18.3. The Morgan fingerprint density at radius 3 is 2.72 bits per heavy atom. The van der Waals surface area contributed by atoms with Gasteiger partial charge in [0, 0.05) is 24.2 Å². The second-order valence-corrected chi connectivity index (χ2v) is 9.17. The Hall–Kier alpha value is -2.51. The molecule has 0 bridgehead atoms. The number of carbonyl (C=O) groups excluding carboxylic acids is 2. The Labute approximate surface area is 198 Å². The summed E-state index contributed by atoms with van der Waals surface area (Å²) < 4.78 is 5.74. The molecule has 1 N–H and O–H groups in total. The molecule has 2 amide bonds. The number of carbonyl (C=O) groups is 2. The van der Waals surface area contributed by atoms with Crippen molar-refractivity contribution in [3.05, 3.63) is 53.6 Å². The molecule has 32 heavy (non-hydrogen) atoms. The molecule has 6 nitrogen and oxygen atoms in total. The lowest BCUT2D eigenvalue weighted by molar-refractivity contribution is -0.128. The highest BCUT2D eigenvalue weighted by atomic mass is 35.5. The average Bonchev–Trinajstić information content (AvgIpc) is 2.77. The van der Waals surface area contributed by atoms with Crippen molar-refractivity contribution in [3.63, 3.8) is 0 Å². The third kappa shape index (κ3) is 7.00. The van der Waals surface area contributed by atoms with E-state index >= 15 is 0 Å². The molecule has 0 spiro atoms. The van der Waals surface area contributed by atoms with Crippen molar-refractivity contribution in [2.45, 2.75) is 44.3 Å². The van der Waals surface area contributed by atoms with Gasteiger partial charge in [-0.15, -0.1) is 0 Å². The van der Waals surface area contributed by atoms with Gasteiger partial charge in [-0.2, -0.15) is 0 Å². The van der Waals surface area contributed by atoms with Crippen LogP contribution in [-0.2, 0) is 9.59 Å². The summed E-state index contributed by atoms with van der Waals surface area (Å²) >= 11 is 7.29. The maximum Gasteiger partial charge on any atom is 0.238 e. The Morgan fingerprint density at radius 2 is 2.00 bits per heavy atom. The Kier molecular flexibility index (Phi) is 9.00. The number of aliphatic imine (C=N–C) groups is 1. The lowest BCUT2D eigenvalue weighted by Crippen LogP contribution is -2.43. The maximum atomic E-state index is 12.8. The molecule has 0 saturated carbocycles. The first-order valence-electron chi connectivity index (χ1n) is 10.8. The third-order valence-corrected chi connectivity index (χ3v) is 6.46. The number of nitrogens with one attached hydrogen (secondary N) is 1. The number of thioether (sulfide) groups is 1. The maximum absolute atomic E-state index is 12.8. The topological polar surface area (TPSA) is 71.0 Å². The molecule has 1 fully saturated rings. The summed E-state index contributed by atoms with van der Waals surface area (Å²) in [5, 5.41) is 3.35. The van der Waals surface area contributed by atoms with Crippen LogP contribution < -0.4 is 10.1 Å². The van der Waals surface area contributed by atoms with Gasteiger partial charge in [0.05, 0.1) is 12.3 Å². The molecule has 1 aliphatic rings. The minimum Gasteiger partial charge on any atom is -0.494 e. The van der Waals surface area contributed by atoms with Crippen LogP contribution in [0, 0.1) is 0 Å². The molecule has 8 heteroatoms. The van der Waals surface area contributed by atoms with E-state index in [1.165, 1.54) is 35.9 Å². The van der Waals surface area contributed by atoms with Gasteiger partial charge in [-0.1, -0.05) is 55.6 Å². The van der Waals surface area contributed by atoms with Gasteiger partial charge in [-0.05, 0) is 48.9 Å². The smallest absolute Gasteiger partial charge is 0.238 e. The Bertz CT molecular complexity index is 965. The van der Waals surface area contributed by atoms with Crippen LogP contribution in [0.2, 0.25) is 5.02 Å². The molecule has 1 atom stereocenters. The lowest BCUT2D eigenvalue weighted by Gasteiger charge is -2.28. The standard InChI is InChI=1S/C24H28ClN3O3S/c1-3-4-5-6-14-31-20-12-10-18(11-13-20)26-23(30)21-16-22(29)28(2)24(32-21)27-19-9-7-8-17(25)15-19/h7-13,15,21H,3-6,14,16H2,1-2H3,(H,26,30). The Morgan fingerprint density at radius 1 is 1.22 bits per heavy atom. The fourth-order valence-electron chi connectivity index (χ4n) is 3.13. The van der Waals surface area contributed by atoms with Crippen molar-refractivity contribution in [3.8, 4) is 5.75 Å². The van der Waals surface area contributed by atoms with Crippen LogP contribution in [0.3, 0.4) is 0 Å². The zero-order valence-corrected chi connectivity index (χ0v) is 19.9. The monoisotopic (exact) mass is 473 g/mol. The second kappa shape index (κ2) is 11.9. The zero-order chi connectivity index (χ0) is 22.9. The molecule has 170 valence electrons. The van der Waals surface area contributed by atoms with E-state index in [0.717, 1.165) is 12.2 Å². The summed E-state index contributed by atoms with van der Waals surface area (Å²) in [6, 6.07) is 14.4. The molecule has 2 aromatic rings. The molecule has 0 aliphatic carbocycles. The highest BCUT2D eigenvalue weighted by Gasteiger charge is 2.34. The van der Waals surface area contributed by atoms with E-state index in [4.69, 9.17) is 16.3 Å². The fraction of sp³-hybridized carbons (Fsp3) is 0.375. The number of unbranched alkanes of at least 4 members (excludes halogenated alkanes) is 3. The molecular formula is C24H28ClN3O3S. The van der Waals surface area contributed by atoms with Gasteiger partial charge < -0.3 is 10.1 Å². The number of amides is 2. The highest BCUT2D eigenvalue weighted by Crippen LogP contribution is 2.30. The van der Waals surface area contributed by atoms with Crippen LogP contribution in [0.4, 0.5) is 11.4 Å². The predicted octanol–water partition coefficient (Wildman–Crippen LogP) is 5.89. The molecule has 1 aliphatic heterocycles. The van der Waals surface area contributed by atoms with Crippen LogP contribution in [0.15, 0.2) is 53.5 Å². The van der Waals surface area contributed by atoms with Crippen molar-refractivity contribution < 1.29 is 14.3 Å². The van der Waals surface area contributed by atoms with Gasteiger partial charge in [0.2, 0.25) is 11.8 Å². The van der Waals surface area contributed by atoms with E-state index in [1.54, 1.807) is 31.3 Å². The van der Waals surface area contributed by atoms with Gasteiger partial charge in [0.15, 0.2) is 5.17 Å². The summed E-state index contributed by atoms with van der Waals surface area (Å²) in [6.45, 7) is 2.87. The van der Waals surface area contributed by atoms with Crippen LogP contribution in [0.25, 0.3) is 0 Å². The molecule has 1 unspecified atom stereocenters. The number of halogens is 1. The summed E-state index contributed by atoms with van der Waals surface area (Å²) in [5.41, 5.74) is 1.29. The number of ether oxygens (including phenoxy) is 1. The van der Waals surface area contributed by atoms with Gasteiger partial charge in [0.1, 0.15) is 11.0 Å². The van der Waals surface area contributed by atoms with Crippen LogP contribution >= 0.6 is 23.4 Å². The van der Waals surface area contributed by atoms with Crippen molar-refractivity contribution in [2.24, 2.45) is 4.99 Å². The number of rotatable bonds is 9. The van der Waals surface area contributed by atoms with Gasteiger partial charge in [0.25, 0.3) is 0 Å². The van der Waals surface area contributed by atoms with Crippen LogP contribution in [-0.4, -0.2) is 40.8 Å². The fourth-order valence-corrected chi connectivity index (χ4v) is 4.38. The third-order valence-electron chi connectivity index (χ3n) is 4.98. The molecule has 2 aromatic carbocycles. The predicted molar refractivity (Wildman–Crippen MR) is 132 cm³/mol. The first-order chi connectivity index (χ1) is 15.5. The molecule has 1 heterocycles. The minimum absolute atomic E-state index is 0.112. The number of amidine groups is 1. The largest absolute Gasteiger partial charge is 0.494 e. The number of hydrogen-bond donors (Lipinski definition) is 1. The highest BCUT2D eigenvalue weighted by molar-refractivity contribution is 8.15. The molecule has 0 aromatic heterocycles. The van der Waals surface area contributed by atoms with E-state index in [1.807, 2.05) is 24.3 Å². The van der Waals surface area contributed by atoms with E-state index in [0.29, 0.717) is 28.2 Å². The van der Waals surface area contributed by atoms with E-state index in [-0.39, 0.29) is 18.2 Å². The van der Waals surface area contributed by atoms with Crippen molar-refractivity contribution >= 4 is 51.7 Å². The molecule has 1 saturated heterocycles. The lowest BCUT2D eigenvalue weighted by atomic mass is 10.2. The summed E-state index contributed by atoms with van der Waals surface area (Å²) in [6.07, 6.45) is 4.73. The number of hydrogen-bond acceptors (Lipinski definition) is 5. The van der Waals surface area contributed by atoms with Crippen LogP contribution in [0.1, 0.15) is 39.0 Å². The Balaban J connectivity index is 1.59. The average molecular weight is 474 g/mol. The first kappa shape index (κ1) is 24.1.